The Balaban J connectivity index is 1.57. The molecule has 1 aromatic heterocycles. The Morgan fingerprint density at radius 1 is 1.19 bits per heavy atom. The molecule has 4 rings (SSSR count). The molecule has 1 aliphatic heterocycles. The summed E-state index contributed by atoms with van der Waals surface area (Å²) in [5.74, 6) is 1.03. The number of carbonyl (C=O) groups is 1. The fourth-order valence-corrected chi connectivity index (χ4v) is 3.68. The minimum Gasteiger partial charge on any atom is -0.485 e. The summed E-state index contributed by atoms with van der Waals surface area (Å²) in [5.41, 5.74) is 1.85. The number of anilines is 1. The Morgan fingerprint density at radius 2 is 1.93 bits per heavy atom. The van der Waals surface area contributed by atoms with Gasteiger partial charge in [-0.25, -0.2) is 4.98 Å². The van der Waals surface area contributed by atoms with Crippen LogP contribution in [0.3, 0.4) is 0 Å². The van der Waals surface area contributed by atoms with Crippen molar-refractivity contribution >= 4 is 22.4 Å². The first kappa shape index (κ1) is 17.3. The van der Waals surface area contributed by atoms with Crippen molar-refractivity contribution in [3.05, 3.63) is 72.6 Å². The number of hydrogen-bond donors (Lipinski definition) is 0. The quantitative estimate of drug-likeness (QED) is 0.626. The highest BCUT2D eigenvalue weighted by Crippen LogP contribution is 2.33. The number of nitrogens with zero attached hydrogens (tertiary/aromatic N) is 2. The van der Waals surface area contributed by atoms with Crippen LogP contribution in [0.25, 0.3) is 11.3 Å². The molecule has 0 aliphatic carbocycles. The van der Waals surface area contributed by atoms with Gasteiger partial charge in [0, 0.05) is 17.5 Å². The van der Waals surface area contributed by atoms with Gasteiger partial charge >= 0.3 is 0 Å². The molecule has 0 fully saturated rings. The smallest absolute Gasteiger partial charge is 0.273 e. The van der Waals surface area contributed by atoms with E-state index in [0.29, 0.717) is 23.2 Å². The Bertz CT molecular complexity index is 955. The molecule has 2 heterocycles. The van der Waals surface area contributed by atoms with Crippen molar-refractivity contribution in [3.8, 4) is 22.8 Å². The molecular weight excluding hydrogens is 360 g/mol. The summed E-state index contributed by atoms with van der Waals surface area (Å²) in [6.45, 7) is 4.28. The minimum absolute atomic E-state index is 0.167. The Kier molecular flexibility index (Phi) is 4.89. The summed E-state index contributed by atoms with van der Waals surface area (Å²) in [7, 11) is 0. The summed E-state index contributed by atoms with van der Waals surface area (Å²) in [6.07, 6.45) is 0.961. The molecule has 27 heavy (non-hydrogen) atoms. The predicted octanol–water partition coefficient (Wildman–Crippen LogP) is 4.17. The van der Waals surface area contributed by atoms with Gasteiger partial charge in [-0.05, 0) is 12.1 Å². The first-order valence-corrected chi connectivity index (χ1v) is 9.46. The third-order valence-corrected chi connectivity index (χ3v) is 5.02. The van der Waals surface area contributed by atoms with Crippen LogP contribution in [0.5, 0.6) is 11.5 Å². The molecule has 0 bridgehead atoms. The van der Waals surface area contributed by atoms with Gasteiger partial charge in [0.2, 0.25) is 6.10 Å². The van der Waals surface area contributed by atoms with Crippen molar-refractivity contribution in [2.24, 2.45) is 0 Å². The second-order valence-corrected chi connectivity index (χ2v) is 6.82. The Morgan fingerprint density at radius 3 is 2.70 bits per heavy atom. The lowest BCUT2D eigenvalue weighted by Gasteiger charge is -2.29. The number of ether oxygens (including phenoxy) is 2. The van der Waals surface area contributed by atoms with E-state index >= 15 is 0 Å². The maximum Gasteiger partial charge on any atom is 0.273 e. The molecule has 1 aliphatic rings. The van der Waals surface area contributed by atoms with Crippen LogP contribution in [0, 0.1) is 0 Å². The molecule has 1 atom stereocenters. The number of rotatable bonds is 5. The molecule has 0 N–H and O–H groups in total. The van der Waals surface area contributed by atoms with Gasteiger partial charge in [-0.2, -0.15) is 0 Å². The monoisotopic (exact) mass is 378 g/mol. The van der Waals surface area contributed by atoms with E-state index in [1.165, 1.54) is 11.3 Å². The number of fused-ring (bicyclic) bond motifs is 1. The van der Waals surface area contributed by atoms with Crippen LogP contribution in [-0.4, -0.2) is 30.1 Å². The van der Waals surface area contributed by atoms with Gasteiger partial charge in [-0.15, -0.1) is 17.9 Å². The SMILES string of the molecule is C=CCN(C(=O)C1COc2ccccc2O1)c1nc(-c2ccccc2)cs1. The number of hydrogen-bond acceptors (Lipinski definition) is 5. The van der Waals surface area contributed by atoms with E-state index in [0.717, 1.165) is 11.3 Å². The zero-order chi connectivity index (χ0) is 18.6. The summed E-state index contributed by atoms with van der Waals surface area (Å²) in [5, 5.41) is 2.56. The number of carbonyl (C=O) groups excluding carboxylic acids is 1. The van der Waals surface area contributed by atoms with Crippen molar-refractivity contribution in [1.29, 1.82) is 0 Å². The Hall–Kier alpha value is -3.12. The number of benzene rings is 2. The van der Waals surface area contributed by atoms with E-state index in [-0.39, 0.29) is 12.5 Å². The topological polar surface area (TPSA) is 51.7 Å². The first-order valence-electron chi connectivity index (χ1n) is 8.58. The highest BCUT2D eigenvalue weighted by atomic mass is 32.1. The van der Waals surface area contributed by atoms with Gasteiger partial charge in [0.15, 0.2) is 16.6 Å². The molecule has 136 valence electrons. The van der Waals surface area contributed by atoms with Crippen molar-refractivity contribution in [2.75, 3.05) is 18.1 Å². The second kappa shape index (κ2) is 7.63. The second-order valence-electron chi connectivity index (χ2n) is 5.98. The fourth-order valence-electron chi connectivity index (χ4n) is 2.84. The van der Waals surface area contributed by atoms with Gasteiger partial charge in [-0.3, -0.25) is 9.69 Å². The number of thiazole rings is 1. The number of amides is 1. The molecule has 0 spiro atoms. The van der Waals surface area contributed by atoms with Crippen molar-refractivity contribution in [3.63, 3.8) is 0 Å². The fraction of sp³-hybridized carbons (Fsp3) is 0.143. The van der Waals surface area contributed by atoms with Crippen molar-refractivity contribution in [1.82, 2.24) is 4.98 Å². The molecule has 6 heteroatoms. The zero-order valence-electron chi connectivity index (χ0n) is 14.6. The maximum atomic E-state index is 13.1. The van der Waals surface area contributed by atoms with Gasteiger partial charge in [0.25, 0.3) is 5.91 Å². The van der Waals surface area contributed by atoms with Crippen LogP contribution in [0.1, 0.15) is 0 Å². The molecule has 0 saturated heterocycles. The maximum absolute atomic E-state index is 13.1. The molecule has 3 aromatic rings. The number of para-hydroxylation sites is 2. The predicted molar refractivity (Wildman–Crippen MR) is 106 cm³/mol. The van der Waals surface area contributed by atoms with E-state index in [1.54, 1.807) is 17.0 Å². The lowest BCUT2D eigenvalue weighted by atomic mass is 10.2. The summed E-state index contributed by atoms with van der Waals surface area (Å²) >= 11 is 1.42. The third kappa shape index (κ3) is 3.57. The first-order chi connectivity index (χ1) is 13.3. The Labute approximate surface area is 161 Å². The zero-order valence-corrected chi connectivity index (χ0v) is 15.4. The average molecular weight is 378 g/mol. The normalized spacial score (nSPS) is 15.2. The largest absolute Gasteiger partial charge is 0.485 e. The molecular formula is C21H18N2O3S. The molecule has 5 nitrogen and oxygen atoms in total. The van der Waals surface area contributed by atoms with Crippen LogP contribution in [0.4, 0.5) is 5.13 Å². The summed E-state index contributed by atoms with van der Waals surface area (Å²) < 4.78 is 11.5. The lowest BCUT2D eigenvalue weighted by Crippen LogP contribution is -2.46. The van der Waals surface area contributed by atoms with Gasteiger partial charge in [0.1, 0.15) is 6.61 Å². The third-order valence-electron chi connectivity index (χ3n) is 4.15. The van der Waals surface area contributed by atoms with Crippen LogP contribution in [0.15, 0.2) is 72.6 Å². The molecule has 1 unspecified atom stereocenters. The van der Waals surface area contributed by atoms with Crippen LogP contribution in [0.2, 0.25) is 0 Å². The number of aromatic nitrogens is 1. The van der Waals surface area contributed by atoms with Gasteiger partial charge in [0.05, 0.1) is 5.69 Å². The van der Waals surface area contributed by atoms with Gasteiger partial charge < -0.3 is 9.47 Å². The molecule has 0 radical (unpaired) electrons. The molecule has 0 saturated carbocycles. The van der Waals surface area contributed by atoms with E-state index in [9.17, 15) is 4.79 Å². The molecule has 1 amide bonds. The van der Waals surface area contributed by atoms with Gasteiger partial charge in [-0.1, -0.05) is 48.5 Å². The van der Waals surface area contributed by atoms with Crippen LogP contribution in [-0.2, 0) is 4.79 Å². The van der Waals surface area contributed by atoms with E-state index in [4.69, 9.17) is 9.47 Å². The molecule has 2 aromatic carbocycles. The van der Waals surface area contributed by atoms with E-state index in [1.807, 2.05) is 53.9 Å². The van der Waals surface area contributed by atoms with Crippen LogP contribution < -0.4 is 14.4 Å². The minimum atomic E-state index is -0.719. The lowest BCUT2D eigenvalue weighted by molar-refractivity contribution is -0.127. The standard InChI is InChI=1S/C21H18N2O3S/c1-2-12-23(21-22-16(14-27-21)15-8-4-3-5-9-15)20(24)19-13-25-17-10-6-7-11-18(17)26-19/h2-11,14,19H,1,12-13H2. The summed E-state index contributed by atoms with van der Waals surface area (Å²) in [6, 6.07) is 17.2. The van der Waals surface area contributed by atoms with Crippen molar-refractivity contribution < 1.29 is 14.3 Å². The van der Waals surface area contributed by atoms with Crippen LogP contribution >= 0.6 is 11.3 Å². The average Bonchev–Trinajstić information content (AvgIpc) is 3.22. The van der Waals surface area contributed by atoms with Crippen molar-refractivity contribution in [2.45, 2.75) is 6.10 Å². The highest BCUT2D eigenvalue weighted by Gasteiger charge is 2.32. The highest BCUT2D eigenvalue weighted by molar-refractivity contribution is 7.14. The van der Waals surface area contributed by atoms with E-state index < -0.39 is 6.10 Å². The van der Waals surface area contributed by atoms with E-state index in [2.05, 4.69) is 11.6 Å². The summed E-state index contributed by atoms with van der Waals surface area (Å²) in [4.78, 5) is 19.3.